The van der Waals surface area contributed by atoms with E-state index in [1.807, 2.05) is 50.2 Å². The highest BCUT2D eigenvalue weighted by molar-refractivity contribution is 5.85. The van der Waals surface area contributed by atoms with E-state index < -0.39 is 5.63 Å². The van der Waals surface area contributed by atoms with Gasteiger partial charge in [-0.3, -0.25) is 0 Å². The molecule has 0 saturated carbocycles. The van der Waals surface area contributed by atoms with Crippen LogP contribution >= 0.6 is 0 Å². The molecule has 3 rings (SSSR count). The maximum Gasteiger partial charge on any atom is 0.343 e. The monoisotopic (exact) mass is 294 g/mol. The van der Waals surface area contributed by atoms with Gasteiger partial charge in [-0.25, -0.2) is 4.79 Å². The van der Waals surface area contributed by atoms with Crippen molar-refractivity contribution in [2.75, 3.05) is 0 Å². The number of hydrogen-bond acceptors (Lipinski definition) is 3. The van der Waals surface area contributed by atoms with E-state index in [0.29, 0.717) is 23.0 Å². The van der Waals surface area contributed by atoms with Gasteiger partial charge in [-0.05, 0) is 36.6 Å². The summed E-state index contributed by atoms with van der Waals surface area (Å²) < 4.78 is 5.44. The van der Waals surface area contributed by atoms with E-state index in [2.05, 4.69) is 0 Å². The van der Waals surface area contributed by atoms with Crippen molar-refractivity contribution < 1.29 is 9.52 Å². The second-order valence-corrected chi connectivity index (χ2v) is 5.52. The van der Waals surface area contributed by atoms with Gasteiger partial charge in [-0.2, -0.15) is 0 Å². The SMILES string of the molecule is CCC(c1ccccc1)c1c(O)c2ccc(C)cc2oc1=O. The zero-order valence-electron chi connectivity index (χ0n) is 12.7. The third-order valence-corrected chi connectivity index (χ3v) is 4.03. The molecule has 1 aromatic heterocycles. The Morgan fingerprint density at radius 1 is 1.14 bits per heavy atom. The van der Waals surface area contributed by atoms with Crippen molar-refractivity contribution in [2.24, 2.45) is 0 Å². The topological polar surface area (TPSA) is 50.4 Å². The maximum absolute atomic E-state index is 12.4. The van der Waals surface area contributed by atoms with Crippen molar-refractivity contribution in [3.8, 4) is 5.75 Å². The summed E-state index contributed by atoms with van der Waals surface area (Å²) in [5.74, 6) is -0.148. The summed E-state index contributed by atoms with van der Waals surface area (Å²) in [6, 6.07) is 15.2. The van der Waals surface area contributed by atoms with Gasteiger partial charge in [-0.15, -0.1) is 0 Å². The third kappa shape index (κ3) is 2.39. The predicted octanol–water partition coefficient (Wildman–Crippen LogP) is 4.35. The molecule has 0 saturated heterocycles. The summed E-state index contributed by atoms with van der Waals surface area (Å²) in [5, 5.41) is 11.2. The average molecular weight is 294 g/mol. The van der Waals surface area contributed by atoms with Crippen LogP contribution in [0, 0.1) is 6.92 Å². The van der Waals surface area contributed by atoms with E-state index in [1.54, 1.807) is 12.1 Å². The lowest BCUT2D eigenvalue weighted by atomic mass is 9.89. The minimum absolute atomic E-state index is 0.0296. The third-order valence-electron chi connectivity index (χ3n) is 4.03. The van der Waals surface area contributed by atoms with E-state index >= 15 is 0 Å². The minimum atomic E-state index is -0.466. The smallest absolute Gasteiger partial charge is 0.343 e. The van der Waals surface area contributed by atoms with Crippen molar-refractivity contribution in [3.63, 3.8) is 0 Å². The molecule has 112 valence electrons. The van der Waals surface area contributed by atoms with Crippen molar-refractivity contribution in [3.05, 3.63) is 75.6 Å². The zero-order valence-corrected chi connectivity index (χ0v) is 12.7. The lowest BCUT2D eigenvalue weighted by Crippen LogP contribution is -2.13. The molecule has 2 aromatic carbocycles. The van der Waals surface area contributed by atoms with Gasteiger partial charge in [0.05, 0.1) is 10.9 Å². The molecule has 0 aliphatic heterocycles. The summed E-state index contributed by atoms with van der Waals surface area (Å²) in [7, 11) is 0. The molecular formula is C19H18O3. The Bertz CT molecular complexity index is 863. The van der Waals surface area contributed by atoms with Crippen LogP contribution in [0.15, 0.2) is 57.7 Å². The lowest BCUT2D eigenvalue weighted by Gasteiger charge is -2.16. The molecule has 3 nitrogen and oxygen atoms in total. The van der Waals surface area contributed by atoms with E-state index in [9.17, 15) is 9.90 Å². The standard InChI is InChI=1S/C19H18O3/c1-3-14(13-7-5-4-6-8-13)17-18(20)15-10-9-12(2)11-16(15)22-19(17)21/h4-11,14,20H,3H2,1-2H3. The number of aromatic hydroxyl groups is 1. The molecule has 0 bridgehead atoms. The molecule has 3 aromatic rings. The van der Waals surface area contributed by atoms with E-state index in [1.165, 1.54) is 0 Å². The summed E-state index contributed by atoms with van der Waals surface area (Å²) >= 11 is 0. The molecule has 0 aliphatic rings. The number of benzene rings is 2. The first-order chi connectivity index (χ1) is 10.6. The molecular weight excluding hydrogens is 276 g/mol. The Morgan fingerprint density at radius 3 is 2.55 bits per heavy atom. The first kappa shape index (κ1) is 14.4. The first-order valence-electron chi connectivity index (χ1n) is 7.43. The van der Waals surface area contributed by atoms with Crippen LogP contribution in [0.4, 0.5) is 0 Å². The molecule has 1 unspecified atom stereocenters. The molecule has 0 aliphatic carbocycles. The molecule has 1 atom stereocenters. The quantitative estimate of drug-likeness (QED) is 0.731. The normalized spacial score (nSPS) is 12.5. The summed E-state index contributed by atoms with van der Waals surface area (Å²) in [6.07, 6.45) is 0.708. The molecule has 3 heteroatoms. The van der Waals surface area contributed by atoms with E-state index in [0.717, 1.165) is 11.1 Å². The fourth-order valence-electron chi connectivity index (χ4n) is 2.91. The van der Waals surface area contributed by atoms with Crippen LogP contribution in [0.2, 0.25) is 0 Å². The van der Waals surface area contributed by atoms with E-state index in [-0.39, 0.29) is 11.7 Å². The summed E-state index contributed by atoms with van der Waals surface area (Å²) in [6.45, 7) is 3.92. The molecule has 22 heavy (non-hydrogen) atoms. The van der Waals surface area contributed by atoms with Crippen LogP contribution in [0.5, 0.6) is 5.75 Å². The van der Waals surface area contributed by atoms with Crippen molar-refractivity contribution in [1.29, 1.82) is 0 Å². The number of fused-ring (bicyclic) bond motifs is 1. The van der Waals surface area contributed by atoms with Crippen LogP contribution in [0.3, 0.4) is 0 Å². The minimum Gasteiger partial charge on any atom is -0.507 e. The second kappa shape index (κ2) is 5.68. The molecule has 0 amide bonds. The highest BCUT2D eigenvalue weighted by Gasteiger charge is 2.23. The van der Waals surface area contributed by atoms with Crippen LogP contribution < -0.4 is 5.63 Å². The maximum atomic E-state index is 12.4. The van der Waals surface area contributed by atoms with Gasteiger partial charge in [-0.1, -0.05) is 43.3 Å². The fourth-order valence-corrected chi connectivity index (χ4v) is 2.91. The number of aryl methyl sites for hydroxylation is 1. The molecule has 0 spiro atoms. The van der Waals surface area contributed by atoms with E-state index in [4.69, 9.17) is 4.42 Å². The van der Waals surface area contributed by atoms with Crippen LogP contribution in [0.25, 0.3) is 11.0 Å². The van der Waals surface area contributed by atoms with Crippen LogP contribution in [-0.2, 0) is 0 Å². The highest BCUT2D eigenvalue weighted by Crippen LogP contribution is 2.35. The largest absolute Gasteiger partial charge is 0.507 e. The summed E-state index contributed by atoms with van der Waals surface area (Å²) in [4.78, 5) is 12.4. The molecule has 0 radical (unpaired) electrons. The average Bonchev–Trinajstić information content (AvgIpc) is 2.52. The van der Waals surface area contributed by atoms with Gasteiger partial charge in [0.1, 0.15) is 11.3 Å². The predicted molar refractivity (Wildman–Crippen MR) is 87.5 cm³/mol. The van der Waals surface area contributed by atoms with Crippen LogP contribution in [0.1, 0.15) is 36.0 Å². The Labute approximate surface area is 128 Å². The van der Waals surface area contributed by atoms with Gasteiger partial charge in [0.2, 0.25) is 0 Å². The van der Waals surface area contributed by atoms with Gasteiger partial charge < -0.3 is 9.52 Å². The number of rotatable bonds is 3. The van der Waals surface area contributed by atoms with Crippen molar-refractivity contribution in [2.45, 2.75) is 26.2 Å². The Morgan fingerprint density at radius 2 is 1.86 bits per heavy atom. The van der Waals surface area contributed by atoms with Gasteiger partial charge in [0.25, 0.3) is 0 Å². The van der Waals surface area contributed by atoms with Crippen molar-refractivity contribution >= 4 is 11.0 Å². The van der Waals surface area contributed by atoms with Gasteiger partial charge in [0, 0.05) is 5.92 Å². The number of hydrogen-bond donors (Lipinski definition) is 1. The van der Waals surface area contributed by atoms with Gasteiger partial charge in [0.15, 0.2) is 0 Å². The second-order valence-electron chi connectivity index (χ2n) is 5.52. The first-order valence-corrected chi connectivity index (χ1v) is 7.43. The van der Waals surface area contributed by atoms with Gasteiger partial charge >= 0.3 is 5.63 Å². The van der Waals surface area contributed by atoms with Crippen LogP contribution in [-0.4, -0.2) is 5.11 Å². The zero-order chi connectivity index (χ0) is 15.7. The molecule has 1 N–H and O–H groups in total. The Kier molecular flexibility index (Phi) is 3.72. The van der Waals surface area contributed by atoms with Crippen molar-refractivity contribution in [1.82, 2.24) is 0 Å². The fraction of sp³-hybridized carbons (Fsp3) is 0.211. The molecule has 0 fully saturated rings. The Hall–Kier alpha value is -2.55. The highest BCUT2D eigenvalue weighted by atomic mass is 16.4. The Balaban J connectivity index is 2.26. The summed E-state index contributed by atoms with van der Waals surface area (Å²) in [5.41, 5.74) is 2.28. The lowest BCUT2D eigenvalue weighted by molar-refractivity contribution is 0.450. The molecule has 1 heterocycles.